The van der Waals surface area contributed by atoms with Crippen molar-refractivity contribution in [1.29, 1.82) is 0 Å². The number of aryl methyl sites for hydroxylation is 1. The first-order valence-electron chi connectivity index (χ1n) is 9.13. The zero-order valence-electron chi connectivity index (χ0n) is 15.5. The van der Waals surface area contributed by atoms with E-state index in [1.54, 1.807) is 6.20 Å². The van der Waals surface area contributed by atoms with Crippen molar-refractivity contribution in [3.8, 4) is 11.4 Å². The third-order valence-electron chi connectivity index (χ3n) is 4.49. The van der Waals surface area contributed by atoms with Gasteiger partial charge in [-0.25, -0.2) is 4.79 Å². The summed E-state index contributed by atoms with van der Waals surface area (Å²) in [4.78, 5) is 30.9. The van der Waals surface area contributed by atoms with Gasteiger partial charge < -0.3 is 15.0 Å². The molecule has 0 radical (unpaired) electrons. The van der Waals surface area contributed by atoms with Gasteiger partial charge in [0.1, 0.15) is 0 Å². The largest absolute Gasteiger partial charge is 0.478 e. The van der Waals surface area contributed by atoms with Gasteiger partial charge in [-0.3, -0.25) is 14.8 Å². The molecule has 3 aromatic rings. The Hall–Kier alpha value is -3.48. The highest BCUT2D eigenvalue weighted by molar-refractivity contribution is 5.89. The highest BCUT2D eigenvalue weighted by Crippen LogP contribution is 2.22. The van der Waals surface area contributed by atoms with Gasteiger partial charge in [0.05, 0.1) is 28.7 Å². The summed E-state index contributed by atoms with van der Waals surface area (Å²) in [5, 5.41) is 12.9. The lowest BCUT2D eigenvalue weighted by Gasteiger charge is -2.07. The molecule has 0 atom stereocenters. The second-order valence-corrected chi connectivity index (χ2v) is 6.43. The van der Waals surface area contributed by atoms with E-state index in [0.717, 1.165) is 36.7 Å². The van der Waals surface area contributed by atoms with Crippen LogP contribution in [0.2, 0.25) is 0 Å². The SMILES string of the molecule is C=CC(=O)NCCCCCn1ccc2cc(-c3cc(C(=O)O)ccn3)ncc21. The number of carboxylic acid groups (broad SMARTS) is 1. The molecular weight excluding hydrogens is 356 g/mol. The summed E-state index contributed by atoms with van der Waals surface area (Å²) in [6.07, 6.45) is 9.51. The molecule has 7 nitrogen and oxygen atoms in total. The second-order valence-electron chi connectivity index (χ2n) is 6.43. The number of hydrogen-bond acceptors (Lipinski definition) is 4. The van der Waals surface area contributed by atoms with Crippen LogP contribution in [-0.2, 0) is 11.3 Å². The lowest BCUT2D eigenvalue weighted by Crippen LogP contribution is -2.21. The standard InChI is InChI=1S/C21H22N4O3/c1-2-20(26)23-8-4-3-5-10-25-11-7-15-12-18(24-14-19(15)25)17-13-16(21(27)28)6-9-22-17/h2,6-7,9,11-14H,1,3-5,8,10H2,(H,23,26)(H,27,28). The first-order chi connectivity index (χ1) is 13.6. The highest BCUT2D eigenvalue weighted by Gasteiger charge is 2.09. The molecule has 0 aliphatic heterocycles. The van der Waals surface area contributed by atoms with Gasteiger partial charge in [-0.1, -0.05) is 6.58 Å². The number of nitrogens with one attached hydrogen (secondary N) is 1. The molecule has 0 fully saturated rings. The van der Waals surface area contributed by atoms with E-state index in [1.165, 1.54) is 24.4 Å². The van der Waals surface area contributed by atoms with Crippen molar-refractivity contribution >= 4 is 22.8 Å². The number of carboxylic acids is 1. The molecule has 3 rings (SSSR count). The van der Waals surface area contributed by atoms with E-state index in [9.17, 15) is 9.59 Å². The molecule has 0 saturated heterocycles. The van der Waals surface area contributed by atoms with Crippen molar-refractivity contribution in [1.82, 2.24) is 19.9 Å². The number of hydrogen-bond donors (Lipinski definition) is 2. The third-order valence-corrected chi connectivity index (χ3v) is 4.49. The molecule has 7 heteroatoms. The molecular formula is C21H22N4O3. The predicted octanol–water partition coefficient (Wildman–Crippen LogP) is 3.27. The molecule has 28 heavy (non-hydrogen) atoms. The Balaban J connectivity index is 1.63. The highest BCUT2D eigenvalue weighted by atomic mass is 16.4. The van der Waals surface area contributed by atoms with Crippen LogP contribution in [-0.4, -0.2) is 38.1 Å². The van der Waals surface area contributed by atoms with Crippen LogP contribution >= 0.6 is 0 Å². The van der Waals surface area contributed by atoms with Crippen molar-refractivity contribution in [2.75, 3.05) is 6.54 Å². The van der Waals surface area contributed by atoms with Crippen LogP contribution in [0.1, 0.15) is 29.6 Å². The van der Waals surface area contributed by atoms with E-state index in [0.29, 0.717) is 17.9 Å². The maximum absolute atomic E-state index is 11.1. The van der Waals surface area contributed by atoms with Gasteiger partial charge >= 0.3 is 5.97 Å². The minimum Gasteiger partial charge on any atom is -0.478 e. The zero-order chi connectivity index (χ0) is 19.9. The van der Waals surface area contributed by atoms with Gasteiger partial charge in [0.25, 0.3) is 0 Å². The molecule has 3 heterocycles. The van der Waals surface area contributed by atoms with E-state index in [2.05, 4.69) is 26.4 Å². The molecule has 0 aliphatic carbocycles. The fourth-order valence-corrected chi connectivity index (χ4v) is 2.99. The molecule has 2 N–H and O–H groups in total. The molecule has 0 unspecified atom stereocenters. The maximum atomic E-state index is 11.1. The number of aromatic nitrogens is 3. The van der Waals surface area contributed by atoms with Crippen molar-refractivity contribution in [3.63, 3.8) is 0 Å². The topological polar surface area (TPSA) is 97.1 Å². The Labute approximate surface area is 162 Å². The maximum Gasteiger partial charge on any atom is 0.335 e. The Morgan fingerprint density at radius 1 is 1.14 bits per heavy atom. The summed E-state index contributed by atoms with van der Waals surface area (Å²) in [5.74, 6) is -1.12. The number of carbonyl (C=O) groups excluding carboxylic acids is 1. The molecule has 1 amide bonds. The number of amides is 1. The summed E-state index contributed by atoms with van der Waals surface area (Å²) >= 11 is 0. The lowest BCUT2D eigenvalue weighted by molar-refractivity contribution is -0.116. The van der Waals surface area contributed by atoms with E-state index >= 15 is 0 Å². The van der Waals surface area contributed by atoms with Crippen molar-refractivity contribution < 1.29 is 14.7 Å². The minimum atomic E-state index is -0.986. The quantitative estimate of drug-likeness (QED) is 0.440. The van der Waals surface area contributed by atoms with Crippen molar-refractivity contribution in [2.45, 2.75) is 25.8 Å². The summed E-state index contributed by atoms with van der Waals surface area (Å²) in [6, 6.07) is 6.93. The normalized spacial score (nSPS) is 10.7. The summed E-state index contributed by atoms with van der Waals surface area (Å²) in [5.41, 5.74) is 2.40. The van der Waals surface area contributed by atoms with Crippen molar-refractivity contribution in [3.05, 3.63) is 61.1 Å². The van der Waals surface area contributed by atoms with Gasteiger partial charge in [-0.15, -0.1) is 0 Å². The first-order valence-corrected chi connectivity index (χ1v) is 9.13. The predicted molar refractivity (Wildman–Crippen MR) is 107 cm³/mol. The van der Waals surface area contributed by atoms with Crippen molar-refractivity contribution in [2.24, 2.45) is 0 Å². The van der Waals surface area contributed by atoms with Gasteiger partial charge in [-0.2, -0.15) is 0 Å². The van der Waals surface area contributed by atoms with Crippen LogP contribution in [0.4, 0.5) is 0 Å². The van der Waals surface area contributed by atoms with Crippen LogP contribution < -0.4 is 5.32 Å². The number of unbranched alkanes of at least 4 members (excludes halogenated alkanes) is 2. The third kappa shape index (κ3) is 4.62. The second kappa shape index (κ2) is 8.94. The van der Waals surface area contributed by atoms with E-state index in [-0.39, 0.29) is 11.5 Å². The Morgan fingerprint density at radius 2 is 1.96 bits per heavy atom. The number of carbonyl (C=O) groups is 2. The Bertz CT molecular complexity index is 1010. The first kappa shape index (κ1) is 19.3. The number of nitrogens with zero attached hydrogens (tertiary/aromatic N) is 3. The Morgan fingerprint density at radius 3 is 2.75 bits per heavy atom. The molecule has 3 aromatic heterocycles. The van der Waals surface area contributed by atoms with E-state index < -0.39 is 5.97 Å². The number of pyridine rings is 2. The fourth-order valence-electron chi connectivity index (χ4n) is 2.99. The van der Waals surface area contributed by atoms with Crippen LogP contribution in [0.5, 0.6) is 0 Å². The monoisotopic (exact) mass is 378 g/mol. The van der Waals surface area contributed by atoms with Gasteiger partial charge in [0.2, 0.25) is 5.91 Å². The molecule has 0 spiro atoms. The summed E-state index contributed by atoms with van der Waals surface area (Å²) in [7, 11) is 0. The minimum absolute atomic E-state index is 0.137. The smallest absolute Gasteiger partial charge is 0.335 e. The van der Waals surface area contributed by atoms with Gasteiger partial charge in [0, 0.05) is 30.9 Å². The molecule has 0 aliphatic rings. The molecule has 0 aromatic carbocycles. The molecule has 0 bridgehead atoms. The van der Waals surface area contributed by atoms with E-state index in [1.807, 2.05) is 18.3 Å². The molecule has 0 saturated carbocycles. The number of rotatable bonds is 9. The lowest BCUT2D eigenvalue weighted by atomic mass is 10.1. The van der Waals surface area contributed by atoms with Gasteiger partial charge in [-0.05, 0) is 49.6 Å². The average Bonchev–Trinajstić information content (AvgIpc) is 3.12. The van der Waals surface area contributed by atoms with Crippen LogP contribution in [0, 0.1) is 0 Å². The summed E-state index contributed by atoms with van der Waals surface area (Å²) in [6.45, 7) is 4.95. The van der Waals surface area contributed by atoms with Gasteiger partial charge in [0.15, 0.2) is 0 Å². The fraction of sp³-hybridized carbons (Fsp3) is 0.238. The number of aromatic carboxylic acids is 1. The number of fused-ring (bicyclic) bond motifs is 1. The van der Waals surface area contributed by atoms with Crippen LogP contribution in [0.3, 0.4) is 0 Å². The zero-order valence-corrected chi connectivity index (χ0v) is 15.5. The van der Waals surface area contributed by atoms with Crippen LogP contribution in [0.15, 0.2) is 55.5 Å². The Kier molecular flexibility index (Phi) is 6.16. The van der Waals surface area contributed by atoms with Crippen LogP contribution in [0.25, 0.3) is 22.3 Å². The van der Waals surface area contributed by atoms with E-state index in [4.69, 9.17) is 5.11 Å². The summed E-state index contributed by atoms with van der Waals surface area (Å²) < 4.78 is 2.15. The molecule has 144 valence electrons. The average molecular weight is 378 g/mol.